The maximum Gasteiger partial charge on any atom is 0.150 e. The van der Waals surface area contributed by atoms with Gasteiger partial charge in [-0.2, -0.15) is 0 Å². The van der Waals surface area contributed by atoms with Crippen molar-refractivity contribution in [1.29, 1.82) is 0 Å². The zero-order valence-electron chi connectivity index (χ0n) is 7.12. The minimum atomic E-state index is -2.87. The van der Waals surface area contributed by atoms with Gasteiger partial charge in [-0.05, 0) is 12.8 Å². The first-order valence-electron chi connectivity index (χ1n) is 3.90. The van der Waals surface area contributed by atoms with Gasteiger partial charge in [0.25, 0.3) is 0 Å². The van der Waals surface area contributed by atoms with Crippen LogP contribution in [-0.4, -0.2) is 44.3 Å². The molecule has 12 heavy (non-hydrogen) atoms. The molecular weight excluding hydrogens is 180 g/mol. The van der Waals surface area contributed by atoms with Crippen LogP contribution in [0, 0.1) is 0 Å². The number of hydrogen-bond acceptors (Lipinski definition) is 4. The predicted molar refractivity (Wildman–Crippen MR) is 44.7 cm³/mol. The van der Waals surface area contributed by atoms with Gasteiger partial charge in [0.05, 0.1) is 23.7 Å². The van der Waals surface area contributed by atoms with E-state index in [-0.39, 0.29) is 18.1 Å². The molecule has 0 spiro atoms. The summed E-state index contributed by atoms with van der Waals surface area (Å²) in [7, 11) is -1.36. The highest BCUT2D eigenvalue weighted by atomic mass is 32.2. The monoisotopic (exact) mass is 194 g/mol. The van der Waals surface area contributed by atoms with Gasteiger partial charge in [0.1, 0.15) is 0 Å². The van der Waals surface area contributed by atoms with Crippen LogP contribution in [0.25, 0.3) is 0 Å². The van der Waals surface area contributed by atoms with Crippen molar-refractivity contribution >= 4 is 9.84 Å². The molecule has 1 rings (SSSR count). The van der Waals surface area contributed by atoms with Gasteiger partial charge in [0.15, 0.2) is 9.84 Å². The first-order chi connectivity index (χ1) is 5.54. The Morgan fingerprint density at radius 1 is 1.42 bits per heavy atom. The van der Waals surface area contributed by atoms with Crippen LogP contribution in [0.4, 0.5) is 0 Å². The lowest BCUT2D eigenvalue weighted by Gasteiger charge is -2.33. The van der Waals surface area contributed by atoms with E-state index in [4.69, 9.17) is 9.84 Å². The van der Waals surface area contributed by atoms with Crippen molar-refractivity contribution in [2.24, 2.45) is 0 Å². The molecule has 4 nitrogen and oxygen atoms in total. The Morgan fingerprint density at radius 3 is 2.25 bits per heavy atom. The number of rotatable bonds is 2. The van der Waals surface area contributed by atoms with Crippen LogP contribution in [0.15, 0.2) is 0 Å². The van der Waals surface area contributed by atoms with Crippen molar-refractivity contribution in [2.75, 3.05) is 25.2 Å². The zero-order chi connectivity index (χ0) is 9.24. The lowest BCUT2D eigenvalue weighted by molar-refractivity contribution is -0.0580. The van der Waals surface area contributed by atoms with Crippen molar-refractivity contribution in [3.8, 4) is 0 Å². The zero-order valence-corrected chi connectivity index (χ0v) is 7.93. The summed E-state index contributed by atoms with van der Waals surface area (Å²) in [5.41, 5.74) is -0.606. The van der Waals surface area contributed by atoms with Crippen LogP contribution >= 0.6 is 0 Å². The van der Waals surface area contributed by atoms with E-state index < -0.39 is 15.4 Å². The lowest BCUT2D eigenvalue weighted by Crippen LogP contribution is -2.43. The van der Waals surface area contributed by atoms with Crippen LogP contribution < -0.4 is 0 Å². The van der Waals surface area contributed by atoms with Gasteiger partial charge >= 0.3 is 0 Å². The van der Waals surface area contributed by atoms with Gasteiger partial charge in [0.2, 0.25) is 0 Å². The minimum absolute atomic E-state index is 0.0982. The second-order valence-electron chi connectivity index (χ2n) is 3.20. The average Bonchev–Trinajstić information content (AvgIpc) is 2.06. The van der Waals surface area contributed by atoms with Crippen molar-refractivity contribution in [3.63, 3.8) is 0 Å². The summed E-state index contributed by atoms with van der Waals surface area (Å²) in [5, 5.41) is 8.99. The molecule has 0 saturated carbocycles. The van der Waals surface area contributed by atoms with Crippen molar-refractivity contribution in [3.05, 3.63) is 0 Å². The number of aliphatic hydroxyl groups excluding tert-OH is 1. The summed E-state index contributed by atoms with van der Waals surface area (Å²) in [6, 6.07) is 0. The Hall–Kier alpha value is -0.130. The molecule has 1 saturated heterocycles. The van der Waals surface area contributed by atoms with E-state index in [0.717, 1.165) is 0 Å². The average molecular weight is 194 g/mol. The van der Waals surface area contributed by atoms with E-state index in [1.54, 1.807) is 0 Å². The van der Waals surface area contributed by atoms with E-state index in [1.165, 1.54) is 7.11 Å². The fourth-order valence-electron chi connectivity index (χ4n) is 1.34. The fraction of sp³-hybridized carbons (Fsp3) is 1.00. The third-order valence-electron chi connectivity index (χ3n) is 2.46. The van der Waals surface area contributed by atoms with Gasteiger partial charge in [0, 0.05) is 7.11 Å². The molecule has 0 amide bonds. The maximum atomic E-state index is 11.0. The fourth-order valence-corrected chi connectivity index (χ4v) is 2.91. The molecule has 0 aromatic rings. The highest BCUT2D eigenvalue weighted by Gasteiger charge is 2.36. The largest absolute Gasteiger partial charge is 0.393 e. The van der Waals surface area contributed by atoms with E-state index in [2.05, 4.69) is 0 Å². The number of sulfone groups is 1. The Bertz CT molecular complexity index is 224. The molecule has 0 unspecified atom stereocenters. The molecule has 1 heterocycles. The summed E-state index contributed by atoms with van der Waals surface area (Å²) in [6.45, 7) is -0.0982. The Balaban J connectivity index is 2.66. The third-order valence-corrected chi connectivity index (χ3v) is 4.11. The molecule has 1 N–H and O–H groups in total. The number of hydrogen-bond donors (Lipinski definition) is 1. The van der Waals surface area contributed by atoms with Crippen LogP contribution in [0.2, 0.25) is 0 Å². The lowest BCUT2D eigenvalue weighted by atomic mass is 9.98. The Labute approximate surface area is 72.5 Å². The first kappa shape index (κ1) is 9.95. The Kier molecular flexibility index (Phi) is 2.75. The van der Waals surface area contributed by atoms with E-state index in [9.17, 15) is 8.42 Å². The first-order valence-corrected chi connectivity index (χ1v) is 5.72. The summed E-state index contributed by atoms with van der Waals surface area (Å²) in [6.07, 6.45) is 0.810. The van der Waals surface area contributed by atoms with Gasteiger partial charge in [-0.15, -0.1) is 0 Å². The van der Waals surface area contributed by atoms with Crippen molar-refractivity contribution < 1.29 is 18.3 Å². The summed E-state index contributed by atoms with van der Waals surface area (Å²) >= 11 is 0. The molecule has 72 valence electrons. The molecular formula is C7H14O4S. The van der Waals surface area contributed by atoms with Crippen LogP contribution in [-0.2, 0) is 14.6 Å². The summed E-state index contributed by atoms with van der Waals surface area (Å²) in [4.78, 5) is 0. The molecule has 0 aromatic carbocycles. The highest BCUT2D eigenvalue weighted by molar-refractivity contribution is 7.91. The molecule has 0 aliphatic carbocycles. The molecule has 1 fully saturated rings. The SMILES string of the molecule is COC1(CO)CCS(=O)(=O)CC1. The maximum absolute atomic E-state index is 11.0. The smallest absolute Gasteiger partial charge is 0.150 e. The number of ether oxygens (including phenoxy) is 1. The summed E-state index contributed by atoms with van der Waals surface area (Å²) < 4.78 is 27.2. The molecule has 1 aliphatic rings. The van der Waals surface area contributed by atoms with E-state index >= 15 is 0 Å². The molecule has 0 atom stereocenters. The van der Waals surface area contributed by atoms with Crippen molar-refractivity contribution in [1.82, 2.24) is 0 Å². The second-order valence-corrected chi connectivity index (χ2v) is 5.50. The van der Waals surface area contributed by atoms with E-state index in [0.29, 0.717) is 12.8 Å². The topological polar surface area (TPSA) is 63.6 Å². The van der Waals surface area contributed by atoms with Crippen LogP contribution in [0.5, 0.6) is 0 Å². The van der Waals surface area contributed by atoms with Gasteiger partial charge in [-0.1, -0.05) is 0 Å². The number of aliphatic hydroxyl groups is 1. The summed E-state index contributed by atoms with van der Waals surface area (Å²) in [5.74, 6) is 0.253. The van der Waals surface area contributed by atoms with Crippen molar-refractivity contribution in [2.45, 2.75) is 18.4 Å². The van der Waals surface area contributed by atoms with Gasteiger partial charge in [-0.3, -0.25) is 0 Å². The van der Waals surface area contributed by atoms with Gasteiger partial charge < -0.3 is 9.84 Å². The molecule has 1 aliphatic heterocycles. The third kappa shape index (κ3) is 1.97. The molecule has 0 bridgehead atoms. The number of methoxy groups -OCH3 is 1. The van der Waals surface area contributed by atoms with Crippen LogP contribution in [0.1, 0.15) is 12.8 Å². The molecule has 0 aromatic heterocycles. The minimum Gasteiger partial charge on any atom is -0.393 e. The Morgan fingerprint density at radius 2 is 1.92 bits per heavy atom. The molecule has 0 radical (unpaired) electrons. The predicted octanol–water partition coefficient (Wildman–Crippen LogP) is -0.427. The highest BCUT2D eigenvalue weighted by Crippen LogP contribution is 2.26. The van der Waals surface area contributed by atoms with E-state index in [1.807, 2.05) is 0 Å². The van der Waals surface area contributed by atoms with Gasteiger partial charge in [-0.25, -0.2) is 8.42 Å². The molecule has 5 heteroatoms. The standard InChI is InChI=1S/C7H14O4S/c1-11-7(6-8)2-4-12(9,10)5-3-7/h8H,2-6H2,1H3. The second kappa shape index (κ2) is 3.32. The van der Waals surface area contributed by atoms with Crippen LogP contribution in [0.3, 0.4) is 0 Å². The normalized spacial score (nSPS) is 26.8. The quantitative estimate of drug-likeness (QED) is 0.648.